The fourth-order valence-corrected chi connectivity index (χ4v) is 1.69. The van der Waals surface area contributed by atoms with E-state index in [1.54, 1.807) is 12.1 Å². The van der Waals surface area contributed by atoms with Gasteiger partial charge < -0.3 is 15.0 Å². The zero-order valence-electron chi connectivity index (χ0n) is 10.5. The maximum absolute atomic E-state index is 12.2. The highest BCUT2D eigenvalue weighted by Crippen LogP contribution is 2.20. The molecule has 0 aliphatic carbocycles. The third-order valence-electron chi connectivity index (χ3n) is 2.69. The number of nitrogens with one attached hydrogen (secondary N) is 1. The second kappa shape index (κ2) is 5.35. The van der Waals surface area contributed by atoms with Crippen molar-refractivity contribution in [2.24, 2.45) is 0 Å². The van der Waals surface area contributed by atoms with E-state index in [4.69, 9.17) is 5.11 Å². The molecule has 2 N–H and O–H groups in total. The molecule has 0 saturated heterocycles. The van der Waals surface area contributed by atoms with Crippen molar-refractivity contribution in [3.63, 3.8) is 0 Å². The quantitative estimate of drug-likeness (QED) is 0.858. The first-order valence-electron chi connectivity index (χ1n) is 5.66. The number of aromatic amines is 1. The van der Waals surface area contributed by atoms with Crippen LogP contribution in [0.15, 0.2) is 41.5 Å². The minimum absolute atomic E-state index is 0.00720. The maximum Gasteiger partial charge on any atom is 0.337 e. The van der Waals surface area contributed by atoms with Crippen LogP contribution >= 0.6 is 0 Å². The van der Waals surface area contributed by atoms with Crippen LogP contribution in [-0.4, -0.2) is 34.0 Å². The number of H-pyrrole nitrogens is 1. The monoisotopic (exact) mass is 273 g/mol. The number of carbonyl (C=O) groups is 2. The molecule has 2 aromatic rings. The predicted octanol–water partition coefficient (Wildman–Crippen LogP) is 0.745. The highest BCUT2D eigenvalue weighted by Gasteiger charge is 2.19. The number of nitrogens with zero attached hydrogens (tertiary/aromatic N) is 2. The van der Waals surface area contributed by atoms with E-state index >= 15 is 0 Å². The van der Waals surface area contributed by atoms with Gasteiger partial charge in [-0.25, -0.2) is 9.78 Å². The largest absolute Gasteiger partial charge is 0.478 e. The molecule has 7 nitrogen and oxygen atoms in total. The van der Waals surface area contributed by atoms with Gasteiger partial charge in [-0.15, -0.1) is 0 Å². The average molecular weight is 273 g/mol. The van der Waals surface area contributed by atoms with Gasteiger partial charge in [0, 0.05) is 13.2 Å². The number of anilines is 1. The topological polar surface area (TPSA) is 103 Å². The Labute approximate surface area is 113 Å². The molecule has 0 spiro atoms. The lowest BCUT2D eigenvalue weighted by molar-refractivity contribution is 0.0697. The van der Waals surface area contributed by atoms with E-state index < -0.39 is 17.4 Å². The molecule has 7 heteroatoms. The third-order valence-corrected chi connectivity index (χ3v) is 2.69. The Morgan fingerprint density at radius 3 is 2.60 bits per heavy atom. The first kappa shape index (κ1) is 13.5. The van der Waals surface area contributed by atoms with Crippen molar-refractivity contribution in [2.45, 2.75) is 0 Å². The summed E-state index contributed by atoms with van der Waals surface area (Å²) in [6.07, 6.45) is 2.18. The Morgan fingerprint density at radius 2 is 2.00 bits per heavy atom. The van der Waals surface area contributed by atoms with Gasteiger partial charge in [-0.3, -0.25) is 9.59 Å². The molecule has 0 aliphatic rings. The van der Waals surface area contributed by atoms with Gasteiger partial charge in [0.2, 0.25) is 0 Å². The number of aromatic carboxylic acids is 1. The number of rotatable bonds is 3. The smallest absolute Gasteiger partial charge is 0.337 e. The fraction of sp³-hybridized carbons (Fsp3) is 0.0769. The van der Waals surface area contributed by atoms with E-state index in [0.717, 1.165) is 6.20 Å². The van der Waals surface area contributed by atoms with Gasteiger partial charge in [0.15, 0.2) is 0 Å². The molecule has 20 heavy (non-hydrogen) atoms. The average Bonchev–Trinajstić information content (AvgIpc) is 2.46. The molecule has 102 valence electrons. The van der Waals surface area contributed by atoms with Crippen molar-refractivity contribution in [2.75, 3.05) is 11.9 Å². The fourth-order valence-electron chi connectivity index (χ4n) is 1.69. The highest BCUT2D eigenvalue weighted by molar-refractivity contribution is 6.07. The molecule has 1 aromatic carbocycles. The minimum Gasteiger partial charge on any atom is -0.478 e. The van der Waals surface area contributed by atoms with Gasteiger partial charge in [0.1, 0.15) is 5.69 Å². The third kappa shape index (κ3) is 2.56. The van der Waals surface area contributed by atoms with Gasteiger partial charge in [-0.05, 0) is 12.1 Å². The van der Waals surface area contributed by atoms with E-state index in [2.05, 4.69) is 9.97 Å². The van der Waals surface area contributed by atoms with Gasteiger partial charge in [-0.1, -0.05) is 12.1 Å². The molecule has 1 amide bonds. The molecule has 0 aliphatic heterocycles. The summed E-state index contributed by atoms with van der Waals surface area (Å²) < 4.78 is 0. The Morgan fingerprint density at radius 1 is 1.30 bits per heavy atom. The van der Waals surface area contributed by atoms with Crippen LogP contribution in [0, 0.1) is 0 Å². The van der Waals surface area contributed by atoms with Crippen molar-refractivity contribution in [3.05, 3.63) is 58.3 Å². The number of para-hydroxylation sites is 1. The Hall–Kier alpha value is -2.96. The first-order chi connectivity index (χ1) is 9.50. The van der Waals surface area contributed by atoms with Gasteiger partial charge in [0.25, 0.3) is 11.5 Å². The van der Waals surface area contributed by atoms with Gasteiger partial charge in [-0.2, -0.15) is 0 Å². The van der Waals surface area contributed by atoms with E-state index in [1.807, 2.05) is 0 Å². The first-order valence-corrected chi connectivity index (χ1v) is 5.66. The van der Waals surface area contributed by atoms with Crippen LogP contribution in [0.25, 0.3) is 0 Å². The molecule has 0 atom stereocenters. The van der Waals surface area contributed by atoms with Gasteiger partial charge in [0.05, 0.1) is 17.4 Å². The Kier molecular flexibility index (Phi) is 3.60. The number of carboxylic acid groups (broad SMARTS) is 1. The number of benzene rings is 1. The van der Waals surface area contributed by atoms with E-state index in [0.29, 0.717) is 0 Å². The summed E-state index contributed by atoms with van der Waals surface area (Å²) in [7, 11) is 1.44. The zero-order valence-corrected chi connectivity index (χ0v) is 10.5. The maximum atomic E-state index is 12.2. The van der Waals surface area contributed by atoms with Crippen LogP contribution < -0.4 is 10.5 Å². The van der Waals surface area contributed by atoms with Crippen LogP contribution in [0.3, 0.4) is 0 Å². The minimum atomic E-state index is -1.13. The number of amides is 1. The van der Waals surface area contributed by atoms with Crippen LogP contribution in [-0.2, 0) is 0 Å². The number of aromatic nitrogens is 2. The summed E-state index contributed by atoms with van der Waals surface area (Å²) in [5, 5.41) is 9.10. The lowest BCUT2D eigenvalue weighted by atomic mass is 10.1. The van der Waals surface area contributed by atoms with Gasteiger partial charge >= 0.3 is 5.97 Å². The van der Waals surface area contributed by atoms with Crippen molar-refractivity contribution in [3.8, 4) is 0 Å². The van der Waals surface area contributed by atoms with Crippen molar-refractivity contribution in [1.82, 2.24) is 9.97 Å². The van der Waals surface area contributed by atoms with Crippen molar-refractivity contribution >= 4 is 17.6 Å². The summed E-state index contributed by atoms with van der Waals surface area (Å²) >= 11 is 0. The van der Waals surface area contributed by atoms with Crippen molar-refractivity contribution < 1.29 is 14.7 Å². The molecule has 0 radical (unpaired) electrons. The molecule has 1 heterocycles. The standard InChI is InChI=1S/C13H11N3O4/c1-16(10-5-3-2-4-8(10)13(19)20)12(18)9-6-15-11(17)7-14-9/h2-7H,1H3,(H,15,17)(H,19,20). The molecule has 1 aromatic heterocycles. The molecular weight excluding hydrogens is 262 g/mol. The number of hydrogen-bond donors (Lipinski definition) is 2. The molecule has 0 bridgehead atoms. The van der Waals surface area contributed by atoms with E-state index in [1.165, 1.54) is 30.3 Å². The summed E-state index contributed by atoms with van der Waals surface area (Å²) in [5.74, 6) is -1.65. The van der Waals surface area contributed by atoms with E-state index in [9.17, 15) is 14.4 Å². The summed E-state index contributed by atoms with van der Waals surface area (Å²) in [4.78, 5) is 41.4. The van der Waals surface area contributed by atoms with Crippen LogP contribution in [0.4, 0.5) is 5.69 Å². The van der Waals surface area contributed by atoms with Crippen LogP contribution in [0.2, 0.25) is 0 Å². The molecule has 0 saturated carbocycles. The molecule has 0 unspecified atom stereocenters. The molecule has 0 fully saturated rings. The molecular formula is C13H11N3O4. The second-order valence-corrected chi connectivity index (χ2v) is 3.98. The Balaban J connectivity index is 2.38. The molecule has 2 rings (SSSR count). The highest BCUT2D eigenvalue weighted by atomic mass is 16.4. The summed E-state index contributed by atoms with van der Waals surface area (Å²) in [6, 6.07) is 6.13. The second-order valence-electron chi connectivity index (χ2n) is 3.98. The van der Waals surface area contributed by atoms with Crippen LogP contribution in [0.1, 0.15) is 20.8 Å². The van der Waals surface area contributed by atoms with E-state index in [-0.39, 0.29) is 16.9 Å². The normalized spacial score (nSPS) is 10.1. The predicted molar refractivity (Wildman–Crippen MR) is 71.0 cm³/mol. The lowest BCUT2D eigenvalue weighted by Crippen LogP contribution is -2.29. The number of carbonyl (C=O) groups excluding carboxylic acids is 1. The zero-order chi connectivity index (χ0) is 14.7. The van der Waals surface area contributed by atoms with Crippen molar-refractivity contribution in [1.29, 1.82) is 0 Å². The summed E-state index contributed by atoms with van der Waals surface area (Å²) in [6.45, 7) is 0. The Bertz CT molecular complexity index is 703. The number of carboxylic acids is 1. The van der Waals surface area contributed by atoms with Crippen LogP contribution in [0.5, 0.6) is 0 Å². The lowest BCUT2D eigenvalue weighted by Gasteiger charge is -2.18. The number of hydrogen-bond acceptors (Lipinski definition) is 4. The SMILES string of the molecule is CN(C(=O)c1c[nH]c(=O)cn1)c1ccccc1C(=O)O. The summed E-state index contributed by atoms with van der Waals surface area (Å²) in [5.41, 5.74) is -0.145.